The van der Waals surface area contributed by atoms with Gasteiger partial charge in [-0.1, -0.05) is 179 Å². The molecule has 2 nitrogen and oxygen atoms in total. The molecule has 0 amide bonds. The van der Waals surface area contributed by atoms with Crippen molar-refractivity contribution in [2.45, 2.75) is 206 Å². The number of fused-ring (bicyclic) bond motifs is 10. The third kappa shape index (κ3) is 7.36. The smallest absolute Gasteiger partial charge is 0.254 e. The molecule has 0 spiro atoms. The van der Waals surface area contributed by atoms with Gasteiger partial charge in [-0.25, -0.2) is 0 Å². The van der Waals surface area contributed by atoms with E-state index < -0.39 is 0 Å². The van der Waals surface area contributed by atoms with Crippen LogP contribution in [-0.2, 0) is 43.3 Å². The van der Waals surface area contributed by atoms with Crippen LogP contribution in [0.2, 0.25) is 0 Å². The normalized spacial score (nSPS) is 20.3. The van der Waals surface area contributed by atoms with Crippen molar-refractivity contribution in [3.8, 4) is 11.1 Å². The molecule has 7 aromatic rings. The molecule has 12 rings (SSSR count). The Labute approximate surface area is 450 Å². The molecule has 4 heteroatoms. The van der Waals surface area contributed by atoms with E-state index >= 15 is 0 Å². The second kappa shape index (κ2) is 15.8. The summed E-state index contributed by atoms with van der Waals surface area (Å²) in [5.74, 6) is 0. The number of benzene rings is 6. The van der Waals surface area contributed by atoms with E-state index in [9.17, 15) is 0 Å². The lowest BCUT2D eigenvalue weighted by atomic mass is 9.33. The molecule has 0 unspecified atom stereocenters. The van der Waals surface area contributed by atoms with Gasteiger partial charge in [0.1, 0.15) is 0 Å². The molecule has 382 valence electrons. The first-order chi connectivity index (χ1) is 34.4. The Morgan fingerprint density at radius 3 is 1.58 bits per heavy atom. The third-order valence-corrected chi connectivity index (χ3v) is 20.9. The monoisotopic (exact) mass is 995 g/mol. The predicted octanol–water partition coefficient (Wildman–Crippen LogP) is 18.3. The molecule has 74 heavy (non-hydrogen) atoms. The Morgan fingerprint density at radius 2 is 0.973 bits per heavy atom. The number of hydrogen-bond donors (Lipinski definition) is 0. The molecular formula is C70H83BN2S. The molecule has 5 aliphatic rings. The average Bonchev–Trinajstić information content (AvgIpc) is 3.70. The molecule has 3 heterocycles. The predicted molar refractivity (Wildman–Crippen MR) is 325 cm³/mol. The van der Waals surface area contributed by atoms with Gasteiger partial charge in [0, 0.05) is 33.0 Å². The Balaban J connectivity index is 1.28. The van der Waals surface area contributed by atoms with E-state index in [1.807, 2.05) is 11.3 Å². The van der Waals surface area contributed by atoms with Crippen molar-refractivity contribution >= 4 is 78.0 Å². The zero-order valence-electron chi connectivity index (χ0n) is 48.4. The molecule has 1 aromatic heterocycles. The summed E-state index contributed by atoms with van der Waals surface area (Å²) in [6.07, 6.45) is 7.09. The summed E-state index contributed by atoms with van der Waals surface area (Å²) in [6, 6.07) is 42.2. The maximum atomic E-state index is 2.83. The topological polar surface area (TPSA) is 6.48 Å². The van der Waals surface area contributed by atoms with Gasteiger partial charge in [0.2, 0.25) is 0 Å². The lowest BCUT2D eigenvalue weighted by Gasteiger charge is -2.50. The van der Waals surface area contributed by atoms with Gasteiger partial charge in [0.25, 0.3) is 6.71 Å². The van der Waals surface area contributed by atoms with Crippen LogP contribution in [0.25, 0.3) is 21.2 Å². The highest BCUT2D eigenvalue weighted by atomic mass is 32.1. The first-order valence-electron chi connectivity index (χ1n) is 28.3. The van der Waals surface area contributed by atoms with E-state index in [2.05, 4.69) is 238 Å². The van der Waals surface area contributed by atoms with Crippen LogP contribution in [0.1, 0.15) is 208 Å². The van der Waals surface area contributed by atoms with Crippen molar-refractivity contribution in [1.82, 2.24) is 0 Å². The van der Waals surface area contributed by atoms with Crippen LogP contribution in [0, 0.1) is 0 Å². The number of nitrogens with zero attached hydrogens (tertiary/aromatic N) is 2. The second-order valence-electron chi connectivity index (χ2n) is 29.8. The molecular weight excluding hydrogens is 912 g/mol. The first kappa shape index (κ1) is 49.8. The van der Waals surface area contributed by atoms with Crippen molar-refractivity contribution in [1.29, 1.82) is 0 Å². The summed E-state index contributed by atoms with van der Waals surface area (Å²) in [5, 5.41) is 2.80. The highest BCUT2D eigenvalue weighted by Crippen LogP contribution is 2.58. The Bertz CT molecular complexity index is 3490. The van der Waals surface area contributed by atoms with Crippen LogP contribution in [0.15, 0.2) is 103 Å². The fourth-order valence-electron chi connectivity index (χ4n) is 14.5. The zero-order valence-corrected chi connectivity index (χ0v) is 49.3. The first-order valence-corrected chi connectivity index (χ1v) is 29.2. The summed E-state index contributed by atoms with van der Waals surface area (Å²) in [7, 11) is 0. The SMILES string of the molecule is CC(C)(C)c1ccc(N2c3cc(C(C)(C)C)cc4c3B(c3ccc5c(c3N4c3ccc4c(c3)C(C)(C)CCC4(C)C)C(C)(C)CCC5(C)C)c3c2sc2cc4c(cc32)C(C)(C)CCC4(C)C)c(-c2ccccc2)c1. The highest BCUT2D eigenvalue weighted by molar-refractivity contribution is 7.26. The van der Waals surface area contributed by atoms with Crippen LogP contribution in [-0.4, -0.2) is 6.71 Å². The van der Waals surface area contributed by atoms with E-state index in [-0.39, 0.29) is 50.0 Å². The highest BCUT2D eigenvalue weighted by Gasteiger charge is 2.51. The van der Waals surface area contributed by atoms with Crippen molar-refractivity contribution in [3.05, 3.63) is 148 Å². The van der Waals surface area contributed by atoms with Crippen LogP contribution in [0.5, 0.6) is 0 Å². The molecule has 0 saturated carbocycles. The largest absolute Gasteiger partial charge is 0.311 e. The van der Waals surface area contributed by atoms with Gasteiger partial charge in [-0.05, 0) is 202 Å². The standard InChI is InChI=1S/C70H83BN2S/c1-63(2,3)43-24-29-54(46(36-43)42-22-20-19-21-23-42)73-56-38-44(64(4,5)6)37-55-60(56)71(59-47-40-51-52(41-57(47)74-62(59)73)69(15,16)33-32-68(51,13)14)53-28-27-49-58(70(17,18)35-34-66(49,9)10)61(53)72(55)45-25-26-48-50(39-45)67(11,12)31-30-65(48,7)8/h19-29,36-41H,30-35H2,1-18H3. The molecule has 3 aliphatic carbocycles. The fourth-order valence-corrected chi connectivity index (χ4v) is 15.8. The van der Waals surface area contributed by atoms with Crippen LogP contribution < -0.4 is 26.2 Å². The average molecular weight is 995 g/mol. The maximum absolute atomic E-state index is 2.83. The van der Waals surface area contributed by atoms with E-state index in [1.165, 1.54) is 142 Å². The fraction of sp³-hybridized carbons (Fsp3) is 0.457. The quantitative estimate of drug-likeness (QED) is 0.163. The lowest BCUT2D eigenvalue weighted by molar-refractivity contribution is 0.331. The summed E-state index contributed by atoms with van der Waals surface area (Å²) in [4.78, 5) is 5.59. The van der Waals surface area contributed by atoms with Gasteiger partial charge in [-0.15, -0.1) is 11.3 Å². The molecule has 0 atom stereocenters. The van der Waals surface area contributed by atoms with Crippen LogP contribution in [0.3, 0.4) is 0 Å². The molecule has 0 saturated heterocycles. The van der Waals surface area contributed by atoms with E-state index in [0.29, 0.717) is 0 Å². The van der Waals surface area contributed by atoms with Gasteiger partial charge in [0.05, 0.1) is 10.7 Å². The number of anilines is 6. The Morgan fingerprint density at radius 1 is 0.446 bits per heavy atom. The minimum atomic E-state index is -0.132. The Kier molecular flexibility index (Phi) is 10.6. The van der Waals surface area contributed by atoms with E-state index in [0.717, 1.165) is 6.42 Å². The van der Waals surface area contributed by atoms with Gasteiger partial charge >= 0.3 is 0 Å². The van der Waals surface area contributed by atoms with Crippen molar-refractivity contribution < 1.29 is 0 Å². The maximum Gasteiger partial charge on any atom is 0.254 e. The number of thiophene rings is 1. The minimum Gasteiger partial charge on any atom is -0.311 e. The number of rotatable bonds is 3. The molecule has 6 aromatic carbocycles. The van der Waals surface area contributed by atoms with Gasteiger partial charge in [-0.2, -0.15) is 0 Å². The van der Waals surface area contributed by atoms with Crippen LogP contribution in [0.4, 0.5) is 33.4 Å². The molecule has 0 radical (unpaired) electrons. The molecule has 0 N–H and O–H groups in total. The van der Waals surface area contributed by atoms with E-state index in [4.69, 9.17) is 0 Å². The van der Waals surface area contributed by atoms with Gasteiger partial charge < -0.3 is 9.80 Å². The lowest BCUT2D eigenvalue weighted by Crippen LogP contribution is -2.62. The summed E-state index contributed by atoms with van der Waals surface area (Å²) in [6.45, 7) is 44.5. The number of hydrogen-bond acceptors (Lipinski definition) is 3. The van der Waals surface area contributed by atoms with Crippen LogP contribution >= 0.6 is 11.3 Å². The zero-order chi connectivity index (χ0) is 52.8. The minimum absolute atomic E-state index is 0.0196. The summed E-state index contributed by atoms with van der Waals surface area (Å²) >= 11 is 2.04. The molecule has 2 aliphatic heterocycles. The molecule has 0 bridgehead atoms. The summed E-state index contributed by atoms with van der Waals surface area (Å²) in [5.41, 5.74) is 25.6. The Hall–Kier alpha value is -5.06. The van der Waals surface area contributed by atoms with Crippen molar-refractivity contribution in [3.63, 3.8) is 0 Å². The second-order valence-corrected chi connectivity index (χ2v) is 30.8. The van der Waals surface area contributed by atoms with Gasteiger partial charge in [0.15, 0.2) is 0 Å². The van der Waals surface area contributed by atoms with Crippen molar-refractivity contribution in [2.75, 3.05) is 9.80 Å². The van der Waals surface area contributed by atoms with E-state index in [1.54, 1.807) is 5.56 Å². The summed E-state index contributed by atoms with van der Waals surface area (Å²) < 4.78 is 1.41. The third-order valence-electron chi connectivity index (χ3n) is 19.8. The van der Waals surface area contributed by atoms with Gasteiger partial charge in [-0.3, -0.25) is 0 Å². The van der Waals surface area contributed by atoms with Crippen molar-refractivity contribution in [2.24, 2.45) is 0 Å². The molecule has 0 fully saturated rings.